The van der Waals surface area contributed by atoms with Gasteiger partial charge < -0.3 is 4.90 Å². The molecule has 5 aliphatic rings. The average molecular weight is 296 g/mol. The molecule has 1 saturated carbocycles. The summed E-state index contributed by atoms with van der Waals surface area (Å²) in [4.78, 5) is 7.56. The van der Waals surface area contributed by atoms with Crippen molar-refractivity contribution in [2.45, 2.75) is 64.8 Å². The van der Waals surface area contributed by atoms with Gasteiger partial charge in [-0.15, -0.1) is 0 Å². The van der Waals surface area contributed by atoms with E-state index in [-0.39, 0.29) is 0 Å². The number of hydrogen-bond acceptors (Lipinski definition) is 2. The maximum atomic E-state index is 4.68. The normalized spacial score (nSPS) is 40.2. The van der Waals surface area contributed by atoms with Crippen LogP contribution in [0.2, 0.25) is 0 Å². The molecule has 5 rings (SSSR count). The molecule has 2 heterocycles. The number of fused-ring (bicyclic) bond motifs is 1. The summed E-state index contributed by atoms with van der Waals surface area (Å²) in [6, 6.07) is 0.759. The second kappa shape index (κ2) is 4.49. The first-order chi connectivity index (χ1) is 10.7. The molecule has 0 N–H and O–H groups in total. The Morgan fingerprint density at radius 1 is 1.23 bits per heavy atom. The first kappa shape index (κ1) is 13.4. The van der Waals surface area contributed by atoms with E-state index < -0.39 is 0 Å². The SMILES string of the molecule is CC1C2CC3=C(CCC4=C3CCN=CCC41C)N2CC1CC1. The number of rotatable bonds is 2. The van der Waals surface area contributed by atoms with E-state index in [1.807, 2.05) is 5.57 Å². The number of nitrogens with zero attached hydrogens (tertiary/aromatic N) is 2. The van der Waals surface area contributed by atoms with Crippen LogP contribution in [0.5, 0.6) is 0 Å². The molecule has 3 atom stereocenters. The van der Waals surface area contributed by atoms with Crippen molar-refractivity contribution in [1.29, 1.82) is 0 Å². The van der Waals surface area contributed by atoms with Crippen LogP contribution in [0, 0.1) is 17.3 Å². The van der Waals surface area contributed by atoms with Gasteiger partial charge in [0.1, 0.15) is 0 Å². The van der Waals surface area contributed by atoms with Crippen LogP contribution in [0.25, 0.3) is 0 Å². The van der Waals surface area contributed by atoms with Gasteiger partial charge in [0.15, 0.2) is 0 Å². The lowest BCUT2D eigenvalue weighted by atomic mass is 9.64. The van der Waals surface area contributed by atoms with Crippen molar-refractivity contribution in [3.05, 3.63) is 22.4 Å². The smallest absolute Gasteiger partial charge is 0.0425 e. The first-order valence-electron chi connectivity index (χ1n) is 9.38. The molecule has 0 aromatic rings. The van der Waals surface area contributed by atoms with Crippen LogP contribution in [-0.2, 0) is 0 Å². The third-order valence-corrected chi connectivity index (χ3v) is 7.41. The molecule has 5 bridgehead atoms. The van der Waals surface area contributed by atoms with E-state index in [4.69, 9.17) is 0 Å². The van der Waals surface area contributed by atoms with Crippen molar-refractivity contribution in [3.63, 3.8) is 0 Å². The number of aliphatic imine (C=N–C) groups is 1. The fraction of sp³-hybridized carbons (Fsp3) is 0.750. The van der Waals surface area contributed by atoms with Crippen LogP contribution in [0.15, 0.2) is 27.4 Å². The van der Waals surface area contributed by atoms with Crippen molar-refractivity contribution < 1.29 is 0 Å². The van der Waals surface area contributed by atoms with Gasteiger partial charge in [0.25, 0.3) is 0 Å². The summed E-state index contributed by atoms with van der Waals surface area (Å²) in [7, 11) is 0. The van der Waals surface area contributed by atoms with E-state index in [2.05, 4.69) is 30.0 Å². The van der Waals surface area contributed by atoms with Crippen LogP contribution < -0.4 is 0 Å². The highest BCUT2D eigenvalue weighted by atomic mass is 15.2. The van der Waals surface area contributed by atoms with Crippen LogP contribution in [0.3, 0.4) is 0 Å². The minimum Gasteiger partial charge on any atom is -0.371 e. The Labute approximate surface area is 134 Å². The van der Waals surface area contributed by atoms with Crippen molar-refractivity contribution in [3.8, 4) is 0 Å². The summed E-state index contributed by atoms with van der Waals surface area (Å²) in [6.45, 7) is 7.44. The topological polar surface area (TPSA) is 15.6 Å². The van der Waals surface area contributed by atoms with Crippen LogP contribution in [-0.4, -0.2) is 30.2 Å². The molecule has 1 fully saturated rings. The zero-order chi connectivity index (χ0) is 14.9. The molecule has 0 radical (unpaired) electrons. The van der Waals surface area contributed by atoms with Crippen molar-refractivity contribution >= 4 is 6.21 Å². The summed E-state index contributed by atoms with van der Waals surface area (Å²) in [6.07, 6.45) is 11.5. The Bertz CT molecular complexity index is 607. The molecule has 2 heteroatoms. The molecule has 0 spiro atoms. The minimum atomic E-state index is 0.347. The third-order valence-electron chi connectivity index (χ3n) is 7.41. The van der Waals surface area contributed by atoms with Gasteiger partial charge in [-0.2, -0.15) is 0 Å². The molecule has 3 unspecified atom stereocenters. The molecule has 0 saturated heterocycles. The van der Waals surface area contributed by atoms with E-state index in [1.165, 1.54) is 45.1 Å². The Morgan fingerprint density at radius 3 is 2.91 bits per heavy atom. The van der Waals surface area contributed by atoms with E-state index in [9.17, 15) is 0 Å². The van der Waals surface area contributed by atoms with Crippen LogP contribution in [0.4, 0.5) is 0 Å². The van der Waals surface area contributed by atoms with Gasteiger partial charge in [-0.05, 0) is 79.6 Å². The molecule has 3 aliphatic carbocycles. The Balaban J connectivity index is 1.66. The Hall–Kier alpha value is -1.05. The molecule has 0 aromatic heterocycles. The summed E-state index contributed by atoms with van der Waals surface area (Å²) in [5, 5.41) is 0. The number of allylic oxidation sites excluding steroid dienone is 2. The highest BCUT2D eigenvalue weighted by molar-refractivity contribution is 5.62. The predicted molar refractivity (Wildman–Crippen MR) is 91.0 cm³/mol. The second-order valence-electron chi connectivity index (χ2n) is 8.50. The monoisotopic (exact) mass is 296 g/mol. The summed E-state index contributed by atoms with van der Waals surface area (Å²) in [5.41, 5.74) is 7.42. The van der Waals surface area contributed by atoms with E-state index >= 15 is 0 Å². The maximum Gasteiger partial charge on any atom is 0.0425 e. The Kier molecular flexibility index (Phi) is 2.73. The summed E-state index contributed by atoms with van der Waals surface area (Å²) in [5.74, 6) is 1.74. The maximum absolute atomic E-state index is 4.68. The molecule has 2 nitrogen and oxygen atoms in total. The van der Waals surface area contributed by atoms with E-state index in [0.717, 1.165) is 30.8 Å². The fourth-order valence-electron chi connectivity index (χ4n) is 5.71. The fourth-order valence-corrected chi connectivity index (χ4v) is 5.71. The molecule has 0 aromatic carbocycles. The van der Waals surface area contributed by atoms with Crippen molar-refractivity contribution in [1.82, 2.24) is 4.90 Å². The van der Waals surface area contributed by atoms with Crippen LogP contribution in [0.1, 0.15) is 58.8 Å². The third kappa shape index (κ3) is 1.70. The standard InChI is InChI=1S/C20H28N2/c1-13-19-11-16-15-7-9-21-10-8-20(13,2)17(15)5-6-18(16)22(19)12-14-3-4-14/h10,13-14,19H,3-9,11-12H2,1-2H3. The van der Waals surface area contributed by atoms with Gasteiger partial charge >= 0.3 is 0 Å². The van der Waals surface area contributed by atoms with E-state index in [1.54, 1.807) is 16.8 Å². The quantitative estimate of drug-likeness (QED) is 0.740. The van der Waals surface area contributed by atoms with Gasteiger partial charge in [-0.25, -0.2) is 0 Å². The zero-order valence-corrected chi connectivity index (χ0v) is 14.1. The summed E-state index contributed by atoms with van der Waals surface area (Å²) >= 11 is 0. The second-order valence-corrected chi connectivity index (χ2v) is 8.50. The van der Waals surface area contributed by atoms with Gasteiger partial charge in [0.05, 0.1) is 0 Å². The van der Waals surface area contributed by atoms with Crippen LogP contribution >= 0.6 is 0 Å². The van der Waals surface area contributed by atoms with Crippen molar-refractivity contribution in [2.75, 3.05) is 13.1 Å². The average Bonchev–Trinajstić information content (AvgIpc) is 3.24. The lowest BCUT2D eigenvalue weighted by Gasteiger charge is -2.48. The summed E-state index contributed by atoms with van der Waals surface area (Å²) < 4.78 is 0. The zero-order valence-electron chi connectivity index (χ0n) is 14.1. The molecule has 0 amide bonds. The highest BCUT2D eigenvalue weighted by Crippen LogP contribution is 2.58. The predicted octanol–water partition coefficient (Wildman–Crippen LogP) is 4.34. The molecule has 118 valence electrons. The lowest BCUT2D eigenvalue weighted by molar-refractivity contribution is 0.112. The van der Waals surface area contributed by atoms with Gasteiger partial charge in [-0.3, -0.25) is 4.99 Å². The molecule has 2 aliphatic heterocycles. The van der Waals surface area contributed by atoms with E-state index in [0.29, 0.717) is 5.41 Å². The largest absolute Gasteiger partial charge is 0.371 e. The Morgan fingerprint density at radius 2 is 2.09 bits per heavy atom. The highest BCUT2D eigenvalue weighted by Gasteiger charge is 2.51. The minimum absolute atomic E-state index is 0.347. The number of hydrogen-bond donors (Lipinski definition) is 0. The molecular formula is C20H28N2. The van der Waals surface area contributed by atoms with Gasteiger partial charge in [-0.1, -0.05) is 19.4 Å². The molecule has 22 heavy (non-hydrogen) atoms. The van der Waals surface area contributed by atoms with Gasteiger partial charge in [0.2, 0.25) is 0 Å². The first-order valence-corrected chi connectivity index (χ1v) is 9.38. The number of likely N-dealkylation sites (tertiary alicyclic amines) is 1. The van der Waals surface area contributed by atoms with Crippen molar-refractivity contribution in [2.24, 2.45) is 22.2 Å². The lowest BCUT2D eigenvalue weighted by Crippen LogP contribution is -2.46. The van der Waals surface area contributed by atoms with Gasteiger partial charge in [0, 0.05) is 24.8 Å². The molecular weight excluding hydrogens is 268 g/mol.